The van der Waals surface area contributed by atoms with Crippen LogP contribution in [0.2, 0.25) is 0 Å². The minimum absolute atomic E-state index is 0.0794. The Morgan fingerprint density at radius 2 is 2.00 bits per heavy atom. The van der Waals surface area contributed by atoms with E-state index in [0.717, 1.165) is 18.5 Å². The third kappa shape index (κ3) is 4.57. The zero-order chi connectivity index (χ0) is 17.7. The minimum atomic E-state index is -0.959. The highest BCUT2D eigenvalue weighted by atomic mass is 16.4. The van der Waals surface area contributed by atoms with Crippen molar-refractivity contribution in [2.24, 2.45) is 5.92 Å². The van der Waals surface area contributed by atoms with E-state index < -0.39 is 17.9 Å². The quantitative estimate of drug-likeness (QED) is 0.799. The fourth-order valence-corrected chi connectivity index (χ4v) is 2.94. The van der Waals surface area contributed by atoms with Crippen LogP contribution in [0.3, 0.4) is 0 Å². The Hall–Kier alpha value is -2.37. The van der Waals surface area contributed by atoms with Gasteiger partial charge in [-0.2, -0.15) is 0 Å². The average molecular weight is 332 g/mol. The number of carboxylic acid groups (broad SMARTS) is 1. The molecule has 2 unspecified atom stereocenters. The van der Waals surface area contributed by atoms with Gasteiger partial charge < -0.3 is 15.3 Å². The van der Waals surface area contributed by atoms with E-state index in [1.807, 2.05) is 24.3 Å². The van der Waals surface area contributed by atoms with Crippen LogP contribution in [0.5, 0.6) is 0 Å². The van der Waals surface area contributed by atoms with Crippen LogP contribution in [0.4, 0.5) is 5.69 Å². The number of anilines is 1. The van der Waals surface area contributed by atoms with Crippen molar-refractivity contribution in [2.75, 3.05) is 11.4 Å². The highest BCUT2D eigenvalue weighted by molar-refractivity contribution is 6.00. The molecular formula is C18H24N2O4. The molecule has 2 rings (SSSR count). The van der Waals surface area contributed by atoms with Crippen LogP contribution in [0.15, 0.2) is 24.3 Å². The molecule has 24 heavy (non-hydrogen) atoms. The second-order valence-electron chi connectivity index (χ2n) is 6.33. The molecule has 1 aliphatic rings. The summed E-state index contributed by atoms with van der Waals surface area (Å²) in [5, 5.41) is 11.4. The number of aryl methyl sites for hydroxylation is 1. The number of rotatable bonds is 7. The fourth-order valence-electron chi connectivity index (χ4n) is 2.94. The maximum atomic E-state index is 12.2. The SMILES string of the molecule is CCCc1ccc(N2CC(C(=O)NC(C)CC(=O)O)CC2=O)cc1. The lowest BCUT2D eigenvalue weighted by molar-refractivity contribution is -0.137. The first-order chi connectivity index (χ1) is 11.4. The van der Waals surface area contributed by atoms with Gasteiger partial charge in [0.1, 0.15) is 0 Å². The van der Waals surface area contributed by atoms with Gasteiger partial charge in [0.05, 0.1) is 12.3 Å². The number of nitrogens with one attached hydrogen (secondary N) is 1. The summed E-state index contributed by atoms with van der Waals surface area (Å²) >= 11 is 0. The number of amides is 2. The second kappa shape index (κ2) is 7.95. The van der Waals surface area contributed by atoms with Crippen molar-refractivity contribution in [3.8, 4) is 0 Å². The van der Waals surface area contributed by atoms with Gasteiger partial charge in [-0.25, -0.2) is 0 Å². The van der Waals surface area contributed by atoms with Crippen molar-refractivity contribution in [3.05, 3.63) is 29.8 Å². The first-order valence-electron chi connectivity index (χ1n) is 8.32. The molecule has 0 spiro atoms. The molecule has 0 radical (unpaired) electrons. The molecule has 130 valence electrons. The summed E-state index contributed by atoms with van der Waals surface area (Å²) in [5.41, 5.74) is 2.03. The van der Waals surface area contributed by atoms with Crippen LogP contribution in [-0.4, -0.2) is 35.5 Å². The third-order valence-corrected chi connectivity index (χ3v) is 4.15. The average Bonchev–Trinajstić information content (AvgIpc) is 2.89. The summed E-state index contributed by atoms with van der Waals surface area (Å²) in [6.07, 6.45) is 2.09. The van der Waals surface area contributed by atoms with E-state index in [9.17, 15) is 14.4 Å². The minimum Gasteiger partial charge on any atom is -0.481 e. The maximum Gasteiger partial charge on any atom is 0.305 e. The molecule has 1 aromatic carbocycles. The number of hydrogen-bond acceptors (Lipinski definition) is 3. The summed E-state index contributed by atoms with van der Waals surface area (Å²) in [5.74, 6) is -1.74. The van der Waals surface area contributed by atoms with Crippen LogP contribution < -0.4 is 10.2 Å². The Bertz CT molecular complexity index is 612. The van der Waals surface area contributed by atoms with E-state index in [4.69, 9.17) is 5.11 Å². The van der Waals surface area contributed by atoms with Crippen molar-refractivity contribution in [1.29, 1.82) is 0 Å². The lowest BCUT2D eigenvalue weighted by Gasteiger charge is -2.18. The van der Waals surface area contributed by atoms with Gasteiger partial charge in [-0.3, -0.25) is 14.4 Å². The zero-order valence-electron chi connectivity index (χ0n) is 14.1. The molecule has 0 aromatic heterocycles. The molecule has 0 bridgehead atoms. The van der Waals surface area contributed by atoms with E-state index in [1.54, 1.807) is 11.8 Å². The van der Waals surface area contributed by atoms with Gasteiger partial charge in [-0.15, -0.1) is 0 Å². The predicted octanol–water partition coefficient (Wildman–Crippen LogP) is 1.97. The van der Waals surface area contributed by atoms with Crippen molar-refractivity contribution < 1.29 is 19.5 Å². The molecule has 1 heterocycles. The first-order valence-corrected chi connectivity index (χ1v) is 8.32. The largest absolute Gasteiger partial charge is 0.481 e. The molecule has 1 aliphatic heterocycles. The Balaban J connectivity index is 1.97. The number of carboxylic acids is 1. The number of aliphatic carboxylic acids is 1. The van der Waals surface area contributed by atoms with Gasteiger partial charge in [0.25, 0.3) is 0 Å². The van der Waals surface area contributed by atoms with Gasteiger partial charge in [0, 0.05) is 24.7 Å². The Morgan fingerprint density at radius 3 is 2.58 bits per heavy atom. The summed E-state index contributed by atoms with van der Waals surface area (Å²) in [7, 11) is 0. The number of hydrogen-bond donors (Lipinski definition) is 2. The highest BCUT2D eigenvalue weighted by Gasteiger charge is 2.35. The van der Waals surface area contributed by atoms with Crippen LogP contribution >= 0.6 is 0 Å². The molecule has 2 amide bonds. The van der Waals surface area contributed by atoms with Gasteiger partial charge >= 0.3 is 5.97 Å². The van der Waals surface area contributed by atoms with Crippen LogP contribution in [0.25, 0.3) is 0 Å². The van der Waals surface area contributed by atoms with Crippen molar-refractivity contribution >= 4 is 23.5 Å². The summed E-state index contributed by atoms with van der Waals surface area (Å²) < 4.78 is 0. The maximum absolute atomic E-state index is 12.2. The Morgan fingerprint density at radius 1 is 1.33 bits per heavy atom. The lowest BCUT2D eigenvalue weighted by atomic mass is 10.1. The second-order valence-corrected chi connectivity index (χ2v) is 6.33. The van der Waals surface area contributed by atoms with Crippen LogP contribution in [-0.2, 0) is 20.8 Å². The van der Waals surface area contributed by atoms with E-state index >= 15 is 0 Å². The molecule has 6 nitrogen and oxygen atoms in total. The van der Waals surface area contributed by atoms with E-state index in [2.05, 4.69) is 12.2 Å². The molecular weight excluding hydrogens is 308 g/mol. The van der Waals surface area contributed by atoms with Crippen LogP contribution in [0, 0.1) is 5.92 Å². The Labute approximate surface area is 141 Å². The van der Waals surface area contributed by atoms with Crippen molar-refractivity contribution in [3.63, 3.8) is 0 Å². The van der Waals surface area contributed by atoms with E-state index in [1.165, 1.54) is 5.56 Å². The Kier molecular flexibility index (Phi) is 5.95. The van der Waals surface area contributed by atoms with Gasteiger partial charge in [0.15, 0.2) is 0 Å². The standard InChI is InChI=1S/C18H24N2O4/c1-3-4-13-5-7-15(8-6-13)20-11-14(10-16(20)21)18(24)19-12(2)9-17(22)23/h5-8,12,14H,3-4,9-11H2,1-2H3,(H,19,24)(H,22,23). The number of carbonyl (C=O) groups excluding carboxylic acids is 2. The van der Waals surface area contributed by atoms with Gasteiger partial charge in [0.2, 0.25) is 11.8 Å². The van der Waals surface area contributed by atoms with Crippen molar-refractivity contribution in [1.82, 2.24) is 5.32 Å². The number of benzene rings is 1. The van der Waals surface area contributed by atoms with Crippen molar-refractivity contribution in [2.45, 2.75) is 45.6 Å². The number of nitrogens with zero attached hydrogens (tertiary/aromatic N) is 1. The lowest BCUT2D eigenvalue weighted by Crippen LogP contribution is -2.39. The fraction of sp³-hybridized carbons (Fsp3) is 0.500. The molecule has 0 aliphatic carbocycles. The highest BCUT2D eigenvalue weighted by Crippen LogP contribution is 2.26. The zero-order valence-corrected chi connectivity index (χ0v) is 14.1. The first kappa shape index (κ1) is 18.0. The summed E-state index contributed by atoms with van der Waals surface area (Å²) in [4.78, 5) is 36.7. The van der Waals surface area contributed by atoms with Gasteiger partial charge in [-0.05, 0) is 31.0 Å². The molecule has 1 saturated heterocycles. The smallest absolute Gasteiger partial charge is 0.305 e. The third-order valence-electron chi connectivity index (χ3n) is 4.15. The molecule has 2 atom stereocenters. The molecule has 1 fully saturated rings. The summed E-state index contributed by atoms with van der Waals surface area (Å²) in [6.45, 7) is 4.09. The molecule has 6 heteroatoms. The van der Waals surface area contributed by atoms with Gasteiger partial charge in [-0.1, -0.05) is 25.5 Å². The normalized spacial score (nSPS) is 18.5. The monoisotopic (exact) mass is 332 g/mol. The molecule has 0 saturated carbocycles. The molecule has 2 N–H and O–H groups in total. The number of carbonyl (C=O) groups is 3. The van der Waals surface area contributed by atoms with E-state index in [0.29, 0.717) is 6.54 Å². The van der Waals surface area contributed by atoms with Crippen LogP contribution in [0.1, 0.15) is 38.7 Å². The van der Waals surface area contributed by atoms with E-state index in [-0.39, 0.29) is 24.7 Å². The topological polar surface area (TPSA) is 86.7 Å². The summed E-state index contributed by atoms with van der Waals surface area (Å²) in [6, 6.07) is 7.39. The molecule has 1 aromatic rings. The predicted molar refractivity (Wildman–Crippen MR) is 90.8 cm³/mol.